The summed E-state index contributed by atoms with van der Waals surface area (Å²) in [6.45, 7) is 0. The van der Waals surface area contributed by atoms with Crippen LogP contribution < -0.4 is 14.5 Å². The van der Waals surface area contributed by atoms with Gasteiger partial charge in [-0.2, -0.15) is 0 Å². The molecular weight excluding hydrogens is 410 g/mol. The summed E-state index contributed by atoms with van der Waals surface area (Å²) in [5, 5.41) is 0.607. The molecular formula is C25H22ClN3O2. The molecule has 0 aliphatic carbocycles. The van der Waals surface area contributed by atoms with Crippen LogP contribution in [-0.2, 0) is 4.79 Å². The molecule has 1 amide bonds. The second-order valence-electron chi connectivity index (χ2n) is 7.30. The van der Waals surface area contributed by atoms with E-state index in [-0.39, 0.29) is 5.91 Å². The van der Waals surface area contributed by atoms with E-state index in [1.54, 1.807) is 30.2 Å². The van der Waals surface area contributed by atoms with E-state index in [4.69, 9.17) is 21.3 Å². The Morgan fingerprint density at radius 1 is 0.935 bits per heavy atom. The highest BCUT2D eigenvalue weighted by atomic mass is 35.5. The van der Waals surface area contributed by atoms with E-state index in [0.29, 0.717) is 22.2 Å². The van der Waals surface area contributed by atoms with Crippen LogP contribution in [0.3, 0.4) is 0 Å². The summed E-state index contributed by atoms with van der Waals surface area (Å²) >= 11 is 6.05. The third kappa shape index (κ3) is 4.32. The molecule has 0 radical (unpaired) electrons. The zero-order chi connectivity index (χ0) is 22.0. The van der Waals surface area contributed by atoms with Crippen LogP contribution in [0.2, 0.25) is 5.02 Å². The first-order valence-corrected chi connectivity index (χ1v) is 10.2. The highest BCUT2D eigenvalue weighted by Crippen LogP contribution is 2.29. The van der Waals surface area contributed by atoms with Crippen molar-refractivity contribution in [3.05, 3.63) is 94.6 Å². The summed E-state index contributed by atoms with van der Waals surface area (Å²) in [6.07, 6.45) is 1.81. The average Bonchev–Trinajstić information content (AvgIpc) is 3.10. The molecule has 0 aromatic heterocycles. The van der Waals surface area contributed by atoms with Crippen molar-refractivity contribution in [2.75, 3.05) is 31.0 Å². The lowest BCUT2D eigenvalue weighted by atomic mass is 10.1. The van der Waals surface area contributed by atoms with Gasteiger partial charge in [-0.1, -0.05) is 23.7 Å². The molecule has 0 saturated heterocycles. The maximum absolute atomic E-state index is 13.4. The van der Waals surface area contributed by atoms with E-state index in [9.17, 15) is 4.79 Å². The summed E-state index contributed by atoms with van der Waals surface area (Å²) in [6, 6.07) is 22.6. The van der Waals surface area contributed by atoms with Gasteiger partial charge in [-0.15, -0.1) is 0 Å². The second kappa shape index (κ2) is 8.66. The normalized spacial score (nSPS) is 14.7. The monoisotopic (exact) mass is 431 g/mol. The van der Waals surface area contributed by atoms with Gasteiger partial charge in [0.1, 0.15) is 17.3 Å². The topological polar surface area (TPSA) is 45.1 Å². The van der Waals surface area contributed by atoms with Gasteiger partial charge in [0.15, 0.2) is 0 Å². The Morgan fingerprint density at radius 3 is 2.16 bits per heavy atom. The summed E-state index contributed by atoms with van der Waals surface area (Å²) in [5.74, 6) is 1.11. The summed E-state index contributed by atoms with van der Waals surface area (Å²) in [5.41, 5.74) is 3.89. The molecule has 3 aromatic rings. The number of anilines is 2. The lowest BCUT2D eigenvalue weighted by Gasteiger charge is -2.18. The second-order valence-corrected chi connectivity index (χ2v) is 7.73. The fraction of sp³-hybridized carbons (Fsp3) is 0.120. The highest BCUT2D eigenvalue weighted by molar-refractivity contribution is 6.34. The highest BCUT2D eigenvalue weighted by Gasteiger charge is 2.32. The Bertz CT molecular complexity index is 1150. The molecule has 0 N–H and O–H groups in total. The Labute approximate surface area is 186 Å². The molecule has 1 heterocycles. The van der Waals surface area contributed by atoms with Crippen molar-refractivity contribution in [2.45, 2.75) is 0 Å². The van der Waals surface area contributed by atoms with Gasteiger partial charge in [0.05, 0.1) is 12.8 Å². The van der Waals surface area contributed by atoms with Crippen molar-refractivity contribution in [3.8, 4) is 5.75 Å². The van der Waals surface area contributed by atoms with E-state index in [2.05, 4.69) is 0 Å². The Hall–Kier alpha value is -3.57. The minimum absolute atomic E-state index is 0.190. The third-order valence-corrected chi connectivity index (χ3v) is 5.26. The van der Waals surface area contributed by atoms with Crippen LogP contribution in [0.15, 0.2) is 83.5 Å². The first-order chi connectivity index (χ1) is 15.0. The molecule has 31 heavy (non-hydrogen) atoms. The minimum atomic E-state index is -0.190. The smallest absolute Gasteiger partial charge is 0.282 e. The molecule has 0 fully saturated rings. The molecule has 0 spiro atoms. The van der Waals surface area contributed by atoms with Crippen molar-refractivity contribution in [1.29, 1.82) is 0 Å². The van der Waals surface area contributed by atoms with Gasteiger partial charge in [-0.3, -0.25) is 9.69 Å². The number of methoxy groups -OCH3 is 1. The molecule has 3 aromatic carbocycles. The van der Waals surface area contributed by atoms with Crippen LogP contribution in [-0.4, -0.2) is 32.9 Å². The molecule has 4 rings (SSSR count). The molecule has 0 atom stereocenters. The Kier molecular flexibility index (Phi) is 5.78. The van der Waals surface area contributed by atoms with Crippen molar-refractivity contribution >= 4 is 40.8 Å². The zero-order valence-electron chi connectivity index (χ0n) is 17.5. The first kappa shape index (κ1) is 20.7. The van der Waals surface area contributed by atoms with Gasteiger partial charge in [-0.05, 0) is 72.3 Å². The van der Waals surface area contributed by atoms with Crippen molar-refractivity contribution in [3.63, 3.8) is 0 Å². The maximum atomic E-state index is 13.4. The lowest BCUT2D eigenvalue weighted by Crippen LogP contribution is -2.32. The number of hydrogen-bond donors (Lipinski definition) is 0. The largest absolute Gasteiger partial charge is 0.497 e. The van der Waals surface area contributed by atoms with Gasteiger partial charge in [0, 0.05) is 30.4 Å². The van der Waals surface area contributed by atoms with Crippen LogP contribution in [0, 0.1) is 0 Å². The Balaban J connectivity index is 1.76. The SMILES string of the molecule is COc1ccc(C2=N/C(=C/c3ccc(N(C)C)cc3)C(=O)N2c2ccc(Cl)cc2)cc1. The molecule has 156 valence electrons. The van der Waals surface area contributed by atoms with Gasteiger partial charge >= 0.3 is 0 Å². The number of nitrogens with zero attached hydrogens (tertiary/aromatic N) is 3. The summed E-state index contributed by atoms with van der Waals surface area (Å²) in [4.78, 5) is 21.7. The van der Waals surface area contributed by atoms with E-state index >= 15 is 0 Å². The number of carbonyl (C=O) groups excluding carboxylic acids is 1. The molecule has 0 unspecified atom stereocenters. The van der Waals surface area contributed by atoms with E-state index in [1.807, 2.05) is 79.7 Å². The number of amidine groups is 1. The number of amides is 1. The van der Waals surface area contributed by atoms with E-state index < -0.39 is 0 Å². The lowest BCUT2D eigenvalue weighted by molar-refractivity contribution is -0.113. The summed E-state index contributed by atoms with van der Waals surface area (Å²) in [7, 11) is 5.60. The van der Waals surface area contributed by atoms with Gasteiger partial charge < -0.3 is 9.64 Å². The van der Waals surface area contributed by atoms with Crippen LogP contribution in [0.5, 0.6) is 5.75 Å². The first-order valence-electron chi connectivity index (χ1n) is 9.78. The standard InChI is InChI=1S/C25H22ClN3O2/c1-28(2)20-10-4-17(5-11-20)16-23-25(30)29(21-12-8-19(26)9-13-21)24(27-23)18-6-14-22(31-3)15-7-18/h4-16H,1-3H3/b23-16+. The molecule has 6 heteroatoms. The van der Waals surface area contributed by atoms with E-state index in [0.717, 1.165) is 22.6 Å². The minimum Gasteiger partial charge on any atom is -0.497 e. The van der Waals surface area contributed by atoms with Crippen molar-refractivity contribution < 1.29 is 9.53 Å². The zero-order valence-corrected chi connectivity index (χ0v) is 18.3. The van der Waals surface area contributed by atoms with Crippen LogP contribution >= 0.6 is 11.6 Å². The number of aliphatic imine (C=N–C) groups is 1. The average molecular weight is 432 g/mol. The quantitative estimate of drug-likeness (QED) is 0.518. The molecule has 1 aliphatic heterocycles. The van der Waals surface area contributed by atoms with Crippen LogP contribution in [0.1, 0.15) is 11.1 Å². The number of halogens is 1. The summed E-state index contributed by atoms with van der Waals surface area (Å²) < 4.78 is 5.25. The predicted octanol–water partition coefficient (Wildman–Crippen LogP) is 5.25. The molecule has 0 saturated carbocycles. The fourth-order valence-corrected chi connectivity index (χ4v) is 3.43. The Morgan fingerprint density at radius 2 is 1.58 bits per heavy atom. The number of benzene rings is 3. The number of rotatable bonds is 5. The van der Waals surface area contributed by atoms with Gasteiger partial charge in [0.2, 0.25) is 0 Å². The maximum Gasteiger partial charge on any atom is 0.282 e. The number of ether oxygens (including phenoxy) is 1. The van der Waals surface area contributed by atoms with Crippen LogP contribution in [0.4, 0.5) is 11.4 Å². The van der Waals surface area contributed by atoms with E-state index in [1.165, 1.54) is 0 Å². The molecule has 1 aliphatic rings. The van der Waals surface area contributed by atoms with Crippen molar-refractivity contribution in [1.82, 2.24) is 0 Å². The van der Waals surface area contributed by atoms with Crippen LogP contribution in [0.25, 0.3) is 6.08 Å². The number of carbonyl (C=O) groups is 1. The number of hydrogen-bond acceptors (Lipinski definition) is 4. The fourth-order valence-electron chi connectivity index (χ4n) is 3.31. The molecule has 0 bridgehead atoms. The third-order valence-electron chi connectivity index (χ3n) is 5.01. The van der Waals surface area contributed by atoms with Gasteiger partial charge in [0.25, 0.3) is 5.91 Å². The van der Waals surface area contributed by atoms with Gasteiger partial charge in [-0.25, -0.2) is 4.99 Å². The molecule has 5 nitrogen and oxygen atoms in total. The van der Waals surface area contributed by atoms with Crippen molar-refractivity contribution in [2.24, 2.45) is 4.99 Å². The predicted molar refractivity (Wildman–Crippen MR) is 127 cm³/mol.